The molecule has 0 radical (unpaired) electrons. The summed E-state index contributed by atoms with van der Waals surface area (Å²) < 4.78 is 0. The summed E-state index contributed by atoms with van der Waals surface area (Å²) in [5.41, 5.74) is 6.11. The molecule has 23 heavy (non-hydrogen) atoms. The smallest absolute Gasteiger partial charge is 0.0459 e. The molecule has 1 aromatic heterocycles. The molecule has 5 rings (SSSR count). The molecule has 2 nitrogen and oxygen atoms in total. The molecule has 0 amide bonds. The van der Waals surface area contributed by atoms with Crippen molar-refractivity contribution >= 4 is 10.9 Å². The van der Waals surface area contributed by atoms with Crippen molar-refractivity contribution in [2.75, 3.05) is 13.1 Å². The molecular weight excluding hydrogens is 280 g/mol. The summed E-state index contributed by atoms with van der Waals surface area (Å²) in [7, 11) is 0. The van der Waals surface area contributed by atoms with Gasteiger partial charge in [-0.2, -0.15) is 0 Å². The minimum atomic E-state index is 0.610. The third-order valence-electron chi connectivity index (χ3n) is 6.76. The fourth-order valence-electron chi connectivity index (χ4n) is 5.69. The number of nitrogens with one attached hydrogen (secondary N) is 1. The van der Waals surface area contributed by atoms with Gasteiger partial charge in [-0.3, -0.25) is 4.90 Å². The highest BCUT2D eigenvalue weighted by Gasteiger charge is 2.45. The van der Waals surface area contributed by atoms with Crippen molar-refractivity contribution in [3.8, 4) is 0 Å². The highest BCUT2D eigenvalue weighted by Crippen LogP contribution is 2.49. The van der Waals surface area contributed by atoms with Crippen molar-refractivity contribution in [2.45, 2.75) is 63.8 Å². The Morgan fingerprint density at radius 3 is 2.91 bits per heavy atom. The van der Waals surface area contributed by atoms with E-state index < -0.39 is 0 Å². The number of aromatic nitrogens is 1. The normalized spacial score (nSPS) is 30.5. The lowest BCUT2D eigenvalue weighted by Gasteiger charge is -2.37. The van der Waals surface area contributed by atoms with Crippen LogP contribution in [-0.2, 0) is 6.42 Å². The highest BCUT2D eigenvalue weighted by atomic mass is 15.2. The van der Waals surface area contributed by atoms with E-state index in [0.29, 0.717) is 5.92 Å². The number of hydrogen-bond acceptors (Lipinski definition) is 1. The van der Waals surface area contributed by atoms with Gasteiger partial charge in [0.25, 0.3) is 0 Å². The molecule has 0 spiro atoms. The van der Waals surface area contributed by atoms with Crippen molar-refractivity contribution < 1.29 is 0 Å². The van der Waals surface area contributed by atoms with E-state index in [-0.39, 0.29) is 0 Å². The number of H-pyrrole nitrogens is 1. The van der Waals surface area contributed by atoms with E-state index in [1.54, 1.807) is 11.3 Å². The molecule has 2 aromatic rings. The Morgan fingerprint density at radius 1 is 1.13 bits per heavy atom. The fraction of sp³-hybridized carbons (Fsp3) is 0.619. The van der Waals surface area contributed by atoms with Crippen LogP contribution in [0.3, 0.4) is 0 Å². The van der Waals surface area contributed by atoms with Crippen LogP contribution in [0.2, 0.25) is 0 Å². The van der Waals surface area contributed by atoms with Gasteiger partial charge in [0.1, 0.15) is 0 Å². The van der Waals surface area contributed by atoms with Crippen LogP contribution in [0.25, 0.3) is 10.9 Å². The van der Waals surface area contributed by atoms with Crippen LogP contribution < -0.4 is 0 Å². The molecule has 3 aliphatic rings. The first kappa shape index (κ1) is 14.1. The Morgan fingerprint density at radius 2 is 2.04 bits per heavy atom. The van der Waals surface area contributed by atoms with Gasteiger partial charge in [-0.25, -0.2) is 0 Å². The van der Waals surface area contributed by atoms with Crippen molar-refractivity contribution in [1.82, 2.24) is 9.88 Å². The monoisotopic (exact) mass is 308 g/mol. The zero-order valence-corrected chi connectivity index (χ0v) is 14.4. The lowest BCUT2D eigenvalue weighted by atomic mass is 9.74. The van der Waals surface area contributed by atoms with Crippen molar-refractivity contribution in [1.29, 1.82) is 0 Å². The first-order chi connectivity index (χ1) is 11.2. The molecule has 122 valence electrons. The van der Waals surface area contributed by atoms with Gasteiger partial charge in [0.05, 0.1) is 0 Å². The molecule has 2 aliphatic heterocycles. The number of fused-ring (bicyclic) bond motifs is 4. The van der Waals surface area contributed by atoms with Crippen LogP contribution in [-0.4, -0.2) is 29.0 Å². The van der Waals surface area contributed by atoms with Crippen LogP contribution in [0.5, 0.6) is 0 Å². The predicted molar refractivity (Wildman–Crippen MR) is 96.2 cm³/mol. The second kappa shape index (κ2) is 5.11. The first-order valence-electron chi connectivity index (χ1n) is 9.61. The molecule has 2 saturated heterocycles. The number of nitrogens with zero attached hydrogens (tertiary/aromatic N) is 1. The number of aromatic amines is 1. The Bertz CT molecular complexity index is 742. The number of rotatable bonds is 1. The minimum Gasteiger partial charge on any atom is -0.358 e. The van der Waals surface area contributed by atoms with Gasteiger partial charge in [-0.1, -0.05) is 26.3 Å². The van der Waals surface area contributed by atoms with Gasteiger partial charge in [-0.05, 0) is 73.9 Å². The van der Waals surface area contributed by atoms with Crippen LogP contribution in [0, 0.1) is 5.92 Å². The first-order valence-corrected chi connectivity index (χ1v) is 9.61. The Kier molecular flexibility index (Phi) is 3.13. The molecule has 2 fully saturated rings. The van der Waals surface area contributed by atoms with E-state index in [2.05, 4.69) is 41.9 Å². The Hall–Kier alpha value is -1.28. The van der Waals surface area contributed by atoms with E-state index in [0.717, 1.165) is 17.9 Å². The standard InChI is InChI=1S/C21H28N2/c1-13(2)14-6-7-18-17(11-14)20-16-8-10-23-9-4-3-5-15(21(16)23)12-19(20)22-18/h6-7,11,13,15-16,21-22H,3-5,8-10,12H2,1-2H3/t15-,16+,21-/m1/s1. The van der Waals surface area contributed by atoms with Gasteiger partial charge in [-0.15, -0.1) is 0 Å². The molecule has 0 unspecified atom stereocenters. The van der Waals surface area contributed by atoms with Crippen molar-refractivity contribution in [2.24, 2.45) is 5.92 Å². The van der Waals surface area contributed by atoms with Crippen LogP contribution >= 0.6 is 0 Å². The molecule has 2 heteroatoms. The molecular formula is C21H28N2. The summed E-state index contributed by atoms with van der Waals surface area (Å²) >= 11 is 0. The summed E-state index contributed by atoms with van der Waals surface area (Å²) in [5, 5.41) is 1.53. The molecule has 1 N–H and O–H groups in total. The lowest BCUT2D eigenvalue weighted by Crippen LogP contribution is -2.40. The topological polar surface area (TPSA) is 19.0 Å². The average Bonchev–Trinajstić information content (AvgIpc) is 3.04. The van der Waals surface area contributed by atoms with E-state index in [1.807, 2.05) is 0 Å². The molecule has 0 saturated carbocycles. The molecule has 1 aromatic carbocycles. The highest BCUT2D eigenvalue weighted by molar-refractivity contribution is 5.86. The maximum Gasteiger partial charge on any atom is 0.0459 e. The maximum absolute atomic E-state index is 3.80. The second-order valence-corrected chi connectivity index (χ2v) is 8.36. The second-order valence-electron chi connectivity index (χ2n) is 8.36. The zero-order valence-electron chi connectivity index (χ0n) is 14.4. The third kappa shape index (κ3) is 2.04. The van der Waals surface area contributed by atoms with Crippen LogP contribution in [0.15, 0.2) is 18.2 Å². The van der Waals surface area contributed by atoms with Gasteiger partial charge in [0.2, 0.25) is 0 Å². The van der Waals surface area contributed by atoms with E-state index in [1.165, 1.54) is 61.7 Å². The van der Waals surface area contributed by atoms with E-state index in [4.69, 9.17) is 0 Å². The van der Waals surface area contributed by atoms with Gasteiger partial charge >= 0.3 is 0 Å². The van der Waals surface area contributed by atoms with Gasteiger partial charge in [0.15, 0.2) is 0 Å². The zero-order chi connectivity index (χ0) is 15.6. The predicted octanol–water partition coefficient (Wildman–Crippen LogP) is 4.81. The summed E-state index contributed by atoms with van der Waals surface area (Å²) in [6.07, 6.45) is 6.92. The maximum atomic E-state index is 3.80. The summed E-state index contributed by atoms with van der Waals surface area (Å²) in [6, 6.07) is 7.95. The Balaban J connectivity index is 1.67. The number of hydrogen-bond donors (Lipinski definition) is 1. The van der Waals surface area contributed by atoms with Gasteiger partial charge < -0.3 is 4.98 Å². The molecule has 3 atom stereocenters. The van der Waals surface area contributed by atoms with E-state index >= 15 is 0 Å². The fourth-order valence-corrected chi connectivity index (χ4v) is 5.69. The SMILES string of the molecule is CC(C)c1ccc2[nH]c3c(c2c1)[C@@H]1CCN2CCCC[C@H](C3)[C@H]12. The Labute approximate surface area is 139 Å². The largest absolute Gasteiger partial charge is 0.358 e. The minimum absolute atomic E-state index is 0.610. The molecule has 3 heterocycles. The van der Waals surface area contributed by atoms with Gasteiger partial charge in [0, 0.05) is 28.6 Å². The summed E-state index contributed by atoms with van der Waals surface area (Å²) in [6.45, 7) is 7.27. The van der Waals surface area contributed by atoms with Crippen molar-refractivity contribution in [3.63, 3.8) is 0 Å². The molecule has 0 bridgehead atoms. The van der Waals surface area contributed by atoms with Crippen molar-refractivity contribution in [3.05, 3.63) is 35.0 Å². The summed E-state index contributed by atoms with van der Waals surface area (Å²) in [5.74, 6) is 2.27. The molecule has 1 aliphatic carbocycles. The van der Waals surface area contributed by atoms with E-state index in [9.17, 15) is 0 Å². The quantitative estimate of drug-likeness (QED) is 0.801. The average molecular weight is 308 g/mol. The lowest BCUT2D eigenvalue weighted by molar-refractivity contribution is 0.184. The summed E-state index contributed by atoms with van der Waals surface area (Å²) in [4.78, 5) is 6.63. The third-order valence-corrected chi connectivity index (χ3v) is 6.76. The van der Waals surface area contributed by atoms with Crippen LogP contribution in [0.4, 0.5) is 0 Å². The number of benzene rings is 1. The van der Waals surface area contributed by atoms with Crippen LogP contribution in [0.1, 0.15) is 68.2 Å².